The molecule has 1 aromatic rings. The molecule has 0 aliphatic carbocycles. The van der Waals surface area contributed by atoms with Crippen LogP contribution in [0.25, 0.3) is 0 Å². The second kappa shape index (κ2) is 5.40. The van der Waals surface area contributed by atoms with E-state index >= 15 is 0 Å². The lowest BCUT2D eigenvalue weighted by Crippen LogP contribution is -2.34. The number of ether oxygens (including phenoxy) is 1. The highest BCUT2D eigenvalue weighted by Gasteiger charge is 2.25. The van der Waals surface area contributed by atoms with Gasteiger partial charge in [0, 0.05) is 17.5 Å². The number of hydrogen-bond donors (Lipinski definition) is 2. The second-order valence-electron chi connectivity index (χ2n) is 4.39. The average molecular weight is 257 g/mol. The van der Waals surface area contributed by atoms with Gasteiger partial charge in [0.05, 0.1) is 7.11 Å². The molecule has 0 aliphatic heterocycles. The van der Waals surface area contributed by atoms with E-state index in [1.165, 1.54) is 19.2 Å². The number of carbonyl (C=O) groups is 1. The van der Waals surface area contributed by atoms with Crippen LogP contribution in [-0.4, -0.2) is 18.9 Å². The van der Waals surface area contributed by atoms with Crippen LogP contribution in [0.15, 0.2) is 18.2 Å². The number of hydrogen-bond acceptors (Lipinski definition) is 2. The van der Waals surface area contributed by atoms with Gasteiger partial charge in [-0.1, -0.05) is 26.5 Å². The summed E-state index contributed by atoms with van der Waals surface area (Å²) in [5.41, 5.74) is 0.272. The number of rotatable bonds is 4. The molecule has 1 N–H and O–H groups in total. The van der Waals surface area contributed by atoms with Crippen LogP contribution in [0.5, 0.6) is 5.75 Å². The summed E-state index contributed by atoms with van der Waals surface area (Å²) in [7, 11) is 1.53. The van der Waals surface area contributed by atoms with Gasteiger partial charge in [-0.05, 0) is 18.2 Å². The molecular weight excluding hydrogens is 241 g/mol. The largest absolute Gasteiger partial charge is 0.496 e. The Kier molecular flexibility index (Phi) is 4.40. The normalized spacial score (nSPS) is 11.1. The summed E-state index contributed by atoms with van der Waals surface area (Å²) in [6.45, 7) is 4.15. The first kappa shape index (κ1) is 13.8. The number of amides is 1. The Morgan fingerprint density at radius 2 is 2.18 bits per heavy atom. The third-order valence-electron chi connectivity index (χ3n) is 2.57. The maximum absolute atomic E-state index is 13.3. The minimum absolute atomic E-state index is 0.328. The lowest BCUT2D eigenvalue weighted by atomic mass is 9.84. The van der Waals surface area contributed by atoms with Gasteiger partial charge >= 0.3 is 0 Å². The SMILES string of the molecule is COc1ccc(F)cc1C(C)(C)CNC(=O)S. The van der Waals surface area contributed by atoms with Crippen molar-refractivity contribution in [3.8, 4) is 5.75 Å². The Hall–Kier alpha value is -1.23. The molecular formula is C12H16FNO2S. The van der Waals surface area contributed by atoms with Crippen LogP contribution in [0.3, 0.4) is 0 Å². The van der Waals surface area contributed by atoms with Gasteiger partial charge in [0.2, 0.25) is 0 Å². The molecule has 0 spiro atoms. The maximum Gasteiger partial charge on any atom is 0.276 e. The number of thiol groups is 1. The third kappa shape index (κ3) is 3.63. The Morgan fingerprint density at radius 3 is 2.71 bits per heavy atom. The van der Waals surface area contributed by atoms with Crippen molar-refractivity contribution in [3.05, 3.63) is 29.6 Å². The minimum atomic E-state index is -0.439. The fraction of sp³-hybridized carbons (Fsp3) is 0.417. The summed E-state index contributed by atoms with van der Waals surface area (Å²) < 4.78 is 18.4. The molecule has 17 heavy (non-hydrogen) atoms. The molecule has 1 aromatic carbocycles. The number of halogens is 1. The zero-order valence-corrected chi connectivity index (χ0v) is 11.0. The topological polar surface area (TPSA) is 38.3 Å². The smallest absolute Gasteiger partial charge is 0.276 e. The number of nitrogens with one attached hydrogen (secondary N) is 1. The second-order valence-corrected chi connectivity index (χ2v) is 4.79. The molecule has 0 aliphatic rings. The molecule has 0 saturated heterocycles. The van der Waals surface area contributed by atoms with Gasteiger partial charge in [0.1, 0.15) is 11.6 Å². The van der Waals surface area contributed by atoms with Gasteiger partial charge in [0.25, 0.3) is 5.24 Å². The monoisotopic (exact) mass is 257 g/mol. The summed E-state index contributed by atoms with van der Waals surface area (Å²) in [4.78, 5) is 10.8. The van der Waals surface area contributed by atoms with Gasteiger partial charge in [-0.25, -0.2) is 4.39 Å². The minimum Gasteiger partial charge on any atom is -0.496 e. The fourth-order valence-corrected chi connectivity index (χ4v) is 1.68. The van der Waals surface area contributed by atoms with Crippen molar-refractivity contribution in [2.75, 3.05) is 13.7 Å². The van der Waals surface area contributed by atoms with Crippen molar-refractivity contribution >= 4 is 17.9 Å². The van der Waals surface area contributed by atoms with E-state index in [1.807, 2.05) is 13.8 Å². The molecule has 0 bridgehead atoms. The Balaban J connectivity index is 3.03. The first-order valence-electron chi connectivity index (χ1n) is 5.17. The van der Waals surface area contributed by atoms with Crippen LogP contribution in [0, 0.1) is 5.82 Å². The number of carbonyl (C=O) groups excluding carboxylic acids is 1. The van der Waals surface area contributed by atoms with E-state index < -0.39 is 10.7 Å². The summed E-state index contributed by atoms with van der Waals surface area (Å²) in [5.74, 6) is 0.274. The highest BCUT2D eigenvalue weighted by molar-refractivity contribution is 7.96. The summed E-state index contributed by atoms with van der Waals surface area (Å²) >= 11 is 3.64. The Bertz CT molecular complexity index is 421. The van der Waals surface area contributed by atoms with E-state index in [1.54, 1.807) is 6.07 Å². The summed E-state index contributed by atoms with van der Waals surface area (Å²) in [6, 6.07) is 4.34. The van der Waals surface area contributed by atoms with Gasteiger partial charge in [-0.2, -0.15) is 0 Å². The van der Waals surface area contributed by atoms with Crippen LogP contribution in [0.4, 0.5) is 9.18 Å². The molecule has 3 nitrogen and oxygen atoms in total. The first-order chi connectivity index (χ1) is 7.86. The van der Waals surface area contributed by atoms with Gasteiger partial charge in [-0.3, -0.25) is 4.79 Å². The van der Waals surface area contributed by atoms with Gasteiger partial charge in [0.15, 0.2) is 0 Å². The maximum atomic E-state index is 13.3. The highest BCUT2D eigenvalue weighted by atomic mass is 32.1. The zero-order valence-electron chi connectivity index (χ0n) is 10.1. The first-order valence-corrected chi connectivity index (χ1v) is 5.62. The molecule has 0 aromatic heterocycles. The van der Waals surface area contributed by atoms with E-state index in [-0.39, 0.29) is 5.82 Å². The molecule has 0 heterocycles. The third-order valence-corrected chi connectivity index (χ3v) is 2.73. The van der Waals surface area contributed by atoms with Crippen LogP contribution in [0.1, 0.15) is 19.4 Å². The van der Waals surface area contributed by atoms with E-state index in [9.17, 15) is 9.18 Å². The Labute approximate surface area is 106 Å². The van der Waals surface area contributed by atoms with Crippen LogP contribution < -0.4 is 10.1 Å². The molecule has 0 saturated carbocycles. The molecule has 1 amide bonds. The zero-order chi connectivity index (χ0) is 13.1. The number of benzene rings is 1. The van der Waals surface area contributed by atoms with Crippen molar-refractivity contribution < 1.29 is 13.9 Å². The molecule has 5 heteroatoms. The standard InChI is InChI=1S/C12H16FNO2S/c1-12(2,7-14-11(15)17)9-6-8(13)4-5-10(9)16-3/h4-6H,7H2,1-3H3,(H2,14,15,17). The predicted molar refractivity (Wildman–Crippen MR) is 68.4 cm³/mol. The van der Waals surface area contributed by atoms with E-state index in [0.717, 1.165) is 0 Å². The molecule has 0 atom stereocenters. The van der Waals surface area contributed by atoms with Crippen molar-refractivity contribution in [3.63, 3.8) is 0 Å². The van der Waals surface area contributed by atoms with Crippen LogP contribution in [0.2, 0.25) is 0 Å². The lowest BCUT2D eigenvalue weighted by molar-refractivity contribution is 0.258. The van der Waals surface area contributed by atoms with Crippen LogP contribution in [-0.2, 0) is 5.41 Å². The van der Waals surface area contributed by atoms with E-state index in [4.69, 9.17) is 4.74 Å². The molecule has 1 rings (SSSR count). The van der Waals surface area contributed by atoms with E-state index in [0.29, 0.717) is 17.9 Å². The van der Waals surface area contributed by atoms with Crippen molar-refractivity contribution in [2.45, 2.75) is 19.3 Å². The fourth-order valence-electron chi connectivity index (χ4n) is 1.60. The van der Waals surface area contributed by atoms with Gasteiger partial charge in [-0.15, -0.1) is 0 Å². The summed E-state index contributed by atoms with van der Waals surface area (Å²) in [6.07, 6.45) is 0. The number of methoxy groups -OCH3 is 1. The van der Waals surface area contributed by atoms with E-state index in [2.05, 4.69) is 17.9 Å². The van der Waals surface area contributed by atoms with Crippen molar-refractivity contribution in [2.24, 2.45) is 0 Å². The molecule has 94 valence electrons. The molecule has 0 fully saturated rings. The predicted octanol–water partition coefficient (Wildman–Crippen LogP) is 2.75. The quantitative estimate of drug-likeness (QED) is 0.814. The van der Waals surface area contributed by atoms with Gasteiger partial charge < -0.3 is 10.1 Å². The van der Waals surface area contributed by atoms with Crippen molar-refractivity contribution in [1.29, 1.82) is 0 Å². The lowest BCUT2D eigenvalue weighted by Gasteiger charge is -2.27. The average Bonchev–Trinajstić information content (AvgIpc) is 2.26. The van der Waals surface area contributed by atoms with Crippen LogP contribution >= 0.6 is 12.6 Å². The Morgan fingerprint density at radius 1 is 1.53 bits per heavy atom. The molecule has 0 radical (unpaired) electrons. The highest BCUT2D eigenvalue weighted by Crippen LogP contribution is 2.31. The summed E-state index contributed by atoms with van der Waals surface area (Å²) in [5, 5.41) is 2.19. The van der Waals surface area contributed by atoms with Crippen molar-refractivity contribution in [1.82, 2.24) is 5.32 Å². The molecule has 0 unspecified atom stereocenters.